The second-order valence-electron chi connectivity index (χ2n) is 16.1. The van der Waals surface area contributed by atoms with Gasteiger partial charge in [0.15, 0.2) is 18.7 Å². The molecule has 12 atom stereocenters. The Labute approximate surface area is 335 Å². The van der Waals surface area contributed by atoms with E-state index in [1.807, 2.05) is 32.8 Å². The van der Waals surface area contributed by atoms with Crippen molar-refractivity contribution in [1.29, 1.82) is 0 Å². The lowest BCUT2D eigenvalue weighted by Crippen LogP contribution is -2.59. The van der Waals surface area contributed by atoms with Crippen molar-refractivity contribution >= 4 is 34.9 Å². The van der Waals surface area contributed by atoms with Crippen molar-refractivity contribution in [3.05, 3.63) is 23.9 Å². The molecule has 3 fully saturated rings. The Kier molecular flexibility index (Phi) is 15.9. The molecule has 3 aliphatic rings. The number of hydrogen-bond donors (Lipinski definition) is 3. The highest BCUT2D eigenvalue weighted by Crippen LogP contribution is 2.39. The Bertz CT molecular complexity index is 1710. The highest BCUT2D eigenvalue weighted by molar-refractivity contribution is 6.00. The number of hydrogen-bond acceptors (Lipinski definition) is 15. The third kappa shape index (κ3) is 11.7. The number of amides is 1. The number of ether oxygens (including phenoxy) is 5. The molecule has 4 rings (SSSR count). The molecule has 1 amide bonds. The molecule has 3 saturated heterocycles. The fourth-order valence-electron chi connectivity index (χ4n) is 7.82. The molecule has 0 aromatic carbocycles. The van der Waals surface area contributed by atoms with Gasteiger partial charge < -0.3 is 49.4 Å². The van der Waals surface area contributed by atoms with Gasteiger partial charge in [-0.1, -0.05) is 37.9 Å². The number of aromatic nitrogens is 1. The first-order valence-corrected chi connectivity index (χ1v) is 19.6. The van der Waals surface area contributed by atoms with E-state index >= 15 is 0 Å². The minimum atomic E-state index is -1.83. The quantitative estimate of drug-likeness (QED) is 0.124. The maximum absolute atomic E-state index is 14.4. The van der Waals surface area contributed by atoms with Crippen molar-refractivity contribution in [2.75, 3.05) is 39.6 Å². The number of anilines is 1. The number of aliphatic hydroxyl groups excluding tert-OH is 1. The highest BCUT2D eigenvalue weighted by atomic mass is 16.7. The van der Waals surface area contributed by atoms with Gasteiger partial charge in [0.1, 0.15) is 41.0 Å². The number of esters is 1. The highest BCUT2D eigenvalue weighted by Gasteiger charge is 2.51. The number of oxime groups is 1. The van der Waals surface area contributed by atoms with E-state index in [2.05, 4.69) is 27.0 Å². The van der Waals surface area contributed by atoms with Crippen LogP contribution in [0.25, 0.3) is 0 Å². The minimum absolute atomic E-state index is 0.0350. The molecule has 3 aliphatic heterocycles. The first-order valence-electron chi connectivity index (χ1n) is 19.6. The molecule has 0 unspecified atom stereocenters. The van der Waals surface area contributed by atoms with Crippen LogP contribution in [0.5, 0.6) is 0 Å². The number of likely N-dealkylation sites (N-methyl/N-ethyl adjacent to an activating group) is 1. The molecule has 0 saturated carbocycles. The molecule has 4 N–H and O–H groups in total. The normalized spacial score (nSPS) is 37.4. The van der Waals surface area contributed by atoms with Crippen LogP contribution in [-0.4, -0.2) is 137 Å². The van der Waals surface area contributed by atoms with Gasteiger partial charge in [-0.3, -0.25) is 14.4 Å². The lowest BCUT2D eigenvalue weighted by atomic mass is 9.76. The number of carbonyl (C=O) groups excluding carboxylic acids is 3. The van der Waals surface area contributed by atoms with Crippen molar-refractivity contribution in [1.82, 2.24) is 9.88 Å². The van der Waals surface area contributed by atoms with Gasteiger partial charge in [0, 0.05) is 31.0 Å². The number of aliphatic hydroxyl groups is 2. The molecule has 0 radical (unpaired) electrons. The summed E-state index contributed by atoms with van der Waals surface area (Å²) in [6.07, 6.45) is -5.14. The van der Waals surface area contributed by atoms with Crippen LogP contribution in [0.15, 0.2) is 28.3 Å². The predicted octanol–water partition coefficient (Wildman–Crippen LogP) is 2.70. The zero-order chi connectivity index (χ0) is 42.2. The summed E-state index contributed by atoms with van der Waals surface area (Å²) in [4.78, 5) is 56.8. The molecule has 1 aromatic rings. The summed E-state index contributed by atoms with van der Waals surface area (Å²) in [5, 5.41) is 28.1. The van der Waals surface area contributed by atoms with E-state index in [9.17, 15) is 24.6 Å². The summed E-state index contributed by atoms with van der Waals surface area (Å²) in [7, 11) is 3.71. The van der Waals surface area contributed by atoms with Gasteiger partial charge in [0.25, 0.3) is 0 Å². The Morgan fingerprint density at radius 3 is 2.53 bits per heavy atom. The van der Waals surface area contributed by atoms with Gasteiger partial charge in [-0.2, -0.15) is 0 Å². The van der Waals surface area contributed by atoms with Crippen molar-refractivity contribution in [2.24, 2.45) is 27.9 Å². The lowest BCUT2D eigenvalue weighted by Gasteiger charge is -2.47. The van der Waals surface area contributed by atoms with Crippen molar-refractivity contribution < 1.29 is 53.1 Å². The fraction of sp³-hybridized carbons (Fsp3) is 0.707. The molecule has 0 spiro atoms. The predicted molar refractivity (Wildman–Crippen MR) is 211 cm³/mol. The number of rotatable bonds is 6. The number of carbonyl (C=O) groups is 3. The van der Waals surface area contributed by atoms with Crippen LogP contribution in [0, 0.1) is 29.6 Å². The van der Waals surface area contributed by atoms with E-state index in [4.69, 9.17) is 34.3 Å². The topological polar surface area (TPSA) is 214 Å². The third-order valence-corrected chi connectivity index (χ3v) is 11.1. The summed E-state index contributed by atoms with van der Waals surface area (Å²) >= 11 is 0. The van der Waals surface area contributed by atoms with Crippen molar-refractivity contribution in [2.45, 2.75) is 135 Å². The SMILES string of the molecule is CC[C@@H]1OC(=O)[C@H](C)C(=O)[C@H](C)[C@@H](O[C@@H]2O[C@H](C)C[C@H](N(C)C)[C@H]2O)[C@@]2(C)C[C@@H](C)C(=NC(C)=O)C[C@H](OC/C(=N/OCC#Cc3cccc(N)n3)CO2)[C@]1(C)O. The van der Waals surface area contributed by atoms with Crippen LogP contribution >= 0.6 is 0 Å². The van der Waals surface area contributed by atoms with Crippen molar-refractivity contribution in [3.8, 4) is 11.8 Å². The average Bonchev–Trinajstić information content (AvgIpc) is 3.16. The second kappa shape index (κ2) is 19.8. The molecule has 316 valence electrons. The van der Waals surface area contributed by atoms with Crippen LogP contribution in [0.3, 0.4) is 0 Å². The largest absolute Gasteiger partial charge is 0.459 e. The monoisotopic (exact) mass is 799 g/mol. The molecular formula is C41H61N5O11. The molecule has 4 heterocycles. The number of nitrogens with two attached hydrogens (primary N) is 1. The Morgan fingerprint density at radius 1 is 1.16 bits per heavy atom. The summed E-state index contributed by atoms with van der Waals surface area (Å²) in [5.41, 5.74) is 3.64. The smallest absolute Gasteiger partial charge is 0.316 e. The van der Waals surface area contributed by atoms with Gasteiger partial charge in [-0.05, 0) is 85.0 Å². The summed E-state index contributed by atoms with van der Waals surface area (Å²) < 4.78 is 32.0. The van der Waals surface area contributed by atoms with Crippen molar-refractivity contribution in [3.63, 3.8) is 0 Å². The van der Waals surface area contributed by atoms with Gasteiger partial charge >= 0.3 is 5.97 Å². The standard InChI is InChI=1S/C41H61N5O11/c1-11-32-41(8,51)33-19-30(43-27(6)47)23(2)20-40(7,53-22-29(21-52-33)45-54-17-13-15-28-14-12-16-34(42)44-28)37(25(4)35(48)26(5)38(50)56-32)57-39-36(49)31(46(9)10)18-24(3)55-39/h12,14,16,23-26,31-33,36-37,39,49,51H,11,17-22H2,1-10H3,(H2,42,44)/b43-30?,45-29-/t23-,24-,25+,26-,31+,32+,33+,36-,37-,39+,40-,41-/m1/s1. The number of nitrogens with zero attached hydrogens (tertiary/aromatic N) is 4. The van der Waals surface area contributed by atoms with Crippen LogP contribution < -0.4 is 5.73 Å². The molecule has 57 heavy (non-hydrogen) atoms. The summed E-state index contributed by atoms with van der Waals surface area (Å²) in [6.45, 7) is 12.6. The van der Waals surface area contributed by atoms with Crippen LogP contribution in [0.2, 0.25) is 0 Å². The molecule has 2 bridgehead atoms. The van der Waals surface area contributed by atoms with Gasteiger partial charge in [-0.15, -0.1) is 0 Å². The number of aliphatic imine (C=N–C) groups is 1. The number of pyridine rings is 1. The number of Topliss-reactive ketones (excluding diaryl/α,β-unsaturated/α-hetero) is 1. The zero-order valence-electron chi connectivity index (χ0n) is 34.9. The maximum atomic E-state index is 14.4. The number of nitrogen functional groups attached to an aromatic ring is 1. The number of cyclic esters (lactones) is 1. The number of ketones is 1. The van der Waals surface area contributed by atoms with Crippen LogP contribution in [0.1, 0.15) is 86.8 Å². The van der Waals surface area contributed by atoms with E-state index in [0.29, 0.717) is 23.6 Å². The minimum Gasteiger partial charge on any atom is -0.459 e. The second-order valence-corrected chi connectivity index (χ2v) is 16.1. The Balaban J connectivity index is 1.87. The molecule has 16 heteroatoms. The van der Waals surface area contributed by atoms with Gasteiger partial charge in [0.2, 0.25) is 5.91 Å². The lowest BCUT2D eigenvalue weighted by molar-refractivity contribution is -0.296. The molecule has 1 aromatic heterocycles. The fourth-order valence-corrected chi connectivity index (χ4v) is 7.82. The zero-order valence-corrected chi connectivity index (χ0v) is 34.9. The van der Waals surface area contributed by atoms with E-state index in [-0.39, 0.29) is 56.9 Å². The van der Waals surface area contributed by atoms with Crippen LogP contribution in [-0.2, 0) is 42.9 Å². The third-order valence-electron chi connectivity index (χ3n) is 11.1. The van der Waals surface area contributed by atoms with E-state index in [1.165, 1.54) is 20.8 Å². The molecule has 0 aliphatic carbocycles. The summed E-state index contributed by atoms with van der Waals surface area (Å²) in [5.74, 6) is 1.44. The van der Waals surface area contributed by atoms with Gasteiger partial charge in [-0.25, -0.2) is 9.98 Å². The molecule has 16 nitrogen and oxygen atoms in total. The van der Waals surface area contributed by atoms with E-state index in [0.717, 1.165) is 0 Å². The van der Waals surface area contributed by atoms with Gasteiger partial charge in [0.05, 0.1) is 37.1 Å². The van der Waals surface area contributed by atoms with Crippen LogP contribution in [0.4, 0.5) is 5.82 Å². The average molecular weight is 800 g/mol. The number of fused-ring (bicyclic) bond motifs is 5. The summed E-state index contributed by atoms with van der Waals surface area (Å²) in [6, 6.07) is 4.77. The first-order chi connectivity index (χ1) is 26.8. The Morgan fingerprint density at radius 2 is 1.88 bits per heavy atom. The van der Waals surface area contributed by atoms with E-state index < -0.39 is 77.3 Å². The first kappa shape index (κ1) is 45.9. The Hall–Kier alpha value is -3.82. The van der Waals surface area contributed by atoms with E-state index in [1.54, 1.807) is 39.0 Å². The maximum Gasteiger partial charge on any atom is 0.316 e. The molecular weight excluding hydrogens is 738 g/mol.